The van der Waals surface area contributed by atoms with Gasteiger partial charge in [-0.15, -0.1) is 0 Å². The topological polar surface area (TPSA) is 103 Å². The summed E-state index contributed by atoms with van der Waals surface area (Å²) in [4.78, 5) is 32.6. The number of likely N-dealkylation sites (tertiary alicyclic amines) is 2. The van der Waals surface area contributed by atoms with Gasteiger partial charge in [-0.25, -0.2) is 9.18 Å². The van der Waals surface area contributed by atoms with E-state index >= 15 is 0 Å². The lowest BCUT2D eigenvalue weighted by molar-refractivity contribution is -0.138. The fourth-order valence-electron chi connectivity index (χ4n) is 7.92. The second kappa shape index (κ2) is 12.4. The predicted molar refractivity (Wildman–Crippen MR) is 164 cm³/mol. The summed E-state index contributed by atoms with van der Waals surface area (Å²) in [6.07, 6.45) is 6.74. The molecule has 0 N–H and O–H groups in total. The number of hydrogen-bond donors (Lipinski definition) is 0. The molecule has 45 heavy (non-hydrogen) atoms. The number of rotatable bonds is 6. The molecule has 1 spiro atoms. The molecule has 0 radical (unpaired) electrons. The van der Waals surface area contributed by atoms with Gasteiger partial charge in [0.05, 0.1) is 23.9 Å². The molecule has 4 fully saturated rings. The molecular weight excluding hydrogens is 573 g/mol. The fourth-order valence-corrected chi connectivity index (χ4v) is 7.92. The van der Waals surface area contributed by atoms with Crippen molar-refractivity contribution >= 4 is 23.0 Å². The minimum absolute atomic E-state index is 0.0472. The average Bonchev–Trinajstić information content (AvgIpc) is 3.62. The molecule has 1 aliphatic carbocycles. The minimum Gasteiger partial charge on any atom is -0.441 e. The van der Waals surface area contributed by atoms with E-state index in [0.29, 0.717) is 43.2 Å². The molecule has 236 valence electrons. The smallest absolute Gasteiger partial charge is 0.410 e. The molecular formula is C35H40FN5O4. The molecule has 10 heteroatoms. The van der Waals surface area contributed by atoms with Crippen LogP contribution >= 0.6 is 0 Å². The zero-order chi connectivity index (χ0) is 31.0. The van der Waals surface area contributed by atoms with Crippen LogP contribution in [0.15, 0.2) is 47.0 Å². The number of nitrogens with zero attached hydrogens (tertiary/aromatic N) is 5. The number of benzene rings is 2. The van der Waals surface area contributed by atoms with Gasteiger partial charge in [-0.1, -0.05) is 17.3 Å². The van der Waals surface area contributed by atoms with Crippen molar-refractivity contribution in [3.8, 4) is 6.07 Å². The highest BCUT2D eigenvalue weighted by Crippen LogP contribution is 2.38. The van der Waals surface area contributed by atoms with E-state index in [1.54, 1.807) is 6.07 Å². The number of halogens is 1. The second-order valence-electron chi connectivity index (χ2n) is 13.5. The molecule has 9 nitrogen and oxygen atoms in total. The average molecular weight is 614 g/mol. The third-order valence-electron chi connectivity index (χ3n) is 10.6. The number of nitriles is 1. The van der Waals surface area contributed by atoms with Gasteiger partial charge in [-0.3, -0.25) is 9.69 Å². The van der Waals surface area contributed by atoms with Crippen LogP contribution < -0.4 is 0 Å². The molecule has 0 unspecified atom stereocenters. The van der Waals surface area contributed by atoms with Crippen molar-refractivity contribution in [1.29, 1.82) is 5.26 Å². The molecule has 2 amide bonds. The van der Waals surface area contributed by atoms with Crippen LogP contribution in [0.2, 0.25) is 0 Å². The van der Waals surface area contributed by atoms with E-state index in [0.717, 1.165) is 82.1 Å². The second-order valence-corrected chi connectivity index (χ2v) is 13.5. The van der Waals surface area contributed by atoms with E-state index in [1.165, 1.54) is 17.7 Å². The summed E-state index contributed by atoms with van der Waals surface area (Å²) in [5.74, 6) is 0.564. The summed E-state index contributed by atoms with van der Waals surface area (Å²) in [5, 5.41) is 14.1. The highest BCUT2D eigenvalue weighted by atomic mass is 19.1. The number of hydrogen-bond acceptors (Lipinski definition) is 7. The van der Waals surface area contributed by atoms with Crippen LogP contribution in [0.3, 0.4) is 0 Å². The normalized spacial score (nSPS) is 24.2. The van der Waals surface area contributed by atoms with Crippen molar-refractivity contribution in [3.05, 3.63) is 65.1 Å². The lowest BCUT2D eigenvalue weighted by Crippen LogP contribution is -2.47. The van der Waals surface area contributed by atoms with Gasteiger partial charge in [0.2, 0.25) is 5.91 Å². The fraction of sp³-hybridized carbons (Fsp3) is 0.543. The van der Waals surface area contributed by atoms with Gasteiger partial charge < -0.3 is 19.1 Å². The number of piperidine rings is 2. The van der Waals surface area contributed by atoms with Crippen molar-refractivity contribution in [2.45, 2.75) is 69.4 Å². The van der Waals surface area contributed by atoms with E-state index in [-0.39, 0.29) is 29.7 Å². The first-order valence-electron chi connectivity index (χ1n) is 16.4. The highest BCUT2D eigenvalue weighted by molar-refractivity contribution is 5.81. The third kappa shape index (κ3) is 6.28. The van der Waals surface area contributed by atoms with Crippen molar-refractivity contribution in [3.63, 3.8) is 0 Å². The Hall–Kier alpha value is -3.97. The maximum atomic E-state index is 13.5. The van der Waals surface area contributed by atoms with Crippen LogP contribution in [0.4, 0.5) is 9.18 Å². The Balaban J connectivity index is 0.847. The van der Waals surface area contributed by atoms with Crippen molar-refractivity contribution in [2.24, 2.45) is 11.8 Å². The van der Waals surface area contributed by atoms with Crippen LogP contribution in [0, 0.1) is 29.0 Å². The van der Waals surface area contributed by atoms with Crippen LogP contribution in [0.25, 0.3) is 11.0 Å². The molecule has 1 saturated carbocycles. The zero-order valence-electron chi connectivity index (χ0n) is 25.6. The van der Waals surface area contributed by atoms with Gasteiger partial charge in [0.25, 0.3) is 0 Å². The lowest BCUT2D eigenvalue weighted by Gasteiger charge is -2.38. The predicted octanol–water partition coefficient (Wildman–Crippen LogP) is 5.84. The number of amides is 2. The maximum absolute atomic E-state index is 13.5. The Morgan fingerprint density at radius 1 is 1.00 bits per heavy atom. The Morgan fingerprint density at radius 3 is 2.44 bits per heavy atom. The largest absolute Gasteiger partial charge is 0.441 e. The van der Waals surface area contributed by atoms with Gasteiger partial charge in [0, 0.05) is 75.4 Å². The summed E-state index contributed by atoms with van der Waals surface area (Å²) in [7, 11) is 0. The molecule has 3 saturated heterocycles. The quantitative estimate of drug-likeness (QED) is 0.344. The number of aromatic nitrogens is 1. The monoisotopic (exact) mass is 613 g/mol. The SMILES string of the molecule is N#Cc1ccc(CN2CCC3(CC2)CN(C[C@H]2CC[C@H](C(=O)N4CCC(c5noc6cc(F)ccc56)CC4)CC2)C(=O)O3)cc1. The van der Waals surface area contributed by atoms with E-state index in [1.807, 2.05) is 34.1 Å². The minimum atomic E-state index is -0.397. The van der Waals surface area contributed by atoms with Crippen LogP contribution in [-0.2, 0) is 16.1 Å². The first-order valence-corrected chi connectivity index (χ1v) is 16.4. The molecule has 0 bridgehead atoms. The highest BCUT2D eigenvalue weighted by Gasteiger charge is 2.47. The van der Waals surface area contributed by atoms with Crippen LogP contribution in [0.1, 0.15) is 74.1 Å². The van der Waals surface area contributed by atoms with E-state index in [9.17, 15) is 14.0 Å². The first-order chi connectivity index (χ1) is 21.9. The molecule has 3 aromatic rings. The van der Waals surface area contributed by atoms with Crippen molar-refractivity contribution in [1.82, 2.24) is 19.9 Å². The summed E-state index contributed by atoms with van der Waals surface area (Å²) in [5.41, 5.74) is 2.80. The lowest BCUT2D eigenvalue weighted by atomic mass is 9.80. The van der Waals surface area contributed by atoms with Gasteiger partial charge in [0.15, 0.2) is 5.58 Å². The summed E-state index contributed by atoms with van der Waals surface area (Å²) < 4.78 is 24.9. The molecule has 4 aliphatic rings. The molecule has 7 rings (SSSR count). The molecule has 0 atom stereocenters. The number of fused-ring (bicyclic) bond motifs is 1. The molecule has 1 aromatic heterocycles. The van der Waals surface area contributed by atoms with Gasteiger partial charge >= 0.3 is 6.09 Å². The Bertz CT molecular complexity index is 1580. The van der Waals surface area contributed by atoms with Crippen LogP contribution in [0.5, 0.6) is 0 Å². The van der Waals surface area contributed by atoms with Gasteiger partial charge in [-0.2, -0.15) is 5.26 Å². The summed E-state index contributed by atoms with van der Waals surface area (Å²) in [6, 6.07) is 14.4. The Labute approximate surface area is 262 Å². The van der Waals surface area contributed by atoms with Crippen LogP contribution in [-0.4, -0.2) is 76.7 Å². The third-order valence-corrected chi connectivity index (χ3v) is 10.6. The summed E-state index contributed by atoms with van der Waals surface area (Å²) in [6.45, 7) is 5.34. The maximum Gasteiger partial charge on any atom is 0.410 e. The molecule has 2 aromatic carbocycles. The zero-order valence-corrected chi connectivity index (χ0v) is 25.6. The van der Waals surface area contributed by atoms with Gasteiger partial charge in [-0.05, 0) is 74.3 Å². The molecule has 3 aliphatic heterocycles. The number of carbonyl (C=O) groups is 2. The van der Waals surface area contributed by atoms with E-state index in [4.69, 9.17) is 14.5 Å². The number of ether oxygens (including phenoxy) is 1. The van der Waals surface area contributed by atoms with Crippen molar-refractivity contribution < 1.29 is 23.2 Å². The first kappa shape index (κ1) is 29.7. The van der Waals surface area contributed by atoms with Gasteiger partial charge in [0.1, 0.15) is 11.4 Å². The molecule has 4 heterocycles. The standard InChI is InChI=1S/C35H40FN5O4/c36-29-9-10-30-31(19-29)45-38-32(30)27-11-15-40(16-12-27)33(42)28-7-5-26(6-8-28)22-41-23-35(44-34(41)43)13-17-39(18-14-35)21-25-3-1-24(20-37)2-4-25/h1-4,9-10,19,26-28H,5-8,11-18,21-23H2/t26-,28-. The Morgan fingerprint density at radius 2 is 1.73 bits per heavy atom. The van der Waals surface area contributed by atoms with Crippen molar-refractivity contribution in [2.75, 3.05) is 39.3 Å². The Kier molecular flexibility index (Phi) is 8.21. The van der Waals surface area contributed by atoms with E-state index in [2.05, 4.69) is 16.1 Å². The van der Waals surface area contributed by atoms with E-state index < -0.39 is 5.60 Å². The summed E-state index contributed by atoms with van der Waals surface area (Å²) >= 11 is 0. The number of carbonyl (C=O) groups excluding carboxylic acids is 2.